The first-order chi connectivity index (χ1) is 14.7. The second kappa shape index (κ2) is 12.4. The molecule has 31 heavy (non-hydrogen) atoms. The van der Waals surface area contributed by atoms with E-state index in [1.54, 1.807) is 32.4 Å². The van der Waals surface area contributed by atoms with Gasteiger partial charge in [-0.1, -0.05) is 18.2 Å². The zero-order chi connectivity index (χ0) is 21.3. The standard InChI is InChI=1S/C23H30N4O3.HI/c1-4-24-23(25-12-11-16-14-26-20-8-6-5-7-18(16)20)27-15-21(28)19-13-17(29-2)9-10-22(19)30-3;/h5-10,13-14,21,26,28H,4,11-12,15H2,1-3H3,(H2,24,25,27);1H. The number of aromatic nitrogens is 1. The molecule has 0 saturated heterocycles. The molecule has 0 bridgehead atoms. The molecule has 0 spiro atoms. The summed E-state index contributed by atoms with van der Waals surface area (Å²) in [5.74, 6) is 1.94. The summed E-state index contributed by atoms with van der Waals surface area (Å²) >= 11 is 0. The SMILES string of the molecule is CCNC(=NCC(O)c1cc(OC)ccc1OC)NCCc1c[nH]c2ccccc12.I. The Morgan fingerprint density at radius 3 is 2.68 bits per heavy atom. The Balaban J connectivity index is 0.00000341. The van der Waals surface area contributed by atoms with Crippen molar-refractivity contribution in [2.45, 2.75) is 19.4 Å². The van der Waals surface area contributed by atoms with Gasteiger partial charge in [0, 0.05) is 35.8 Å². The van der Waals surface area contributed by atoms with Crippen LogP contribution in [0.25, 0.3) is 10.9 Å². The maximum Gasteiger partial charge on any atom is 0.191 e. The molecule has 0 aliphatic carbocycles. The van der Waals surface area contributed by atoms with E-state index in [2.05, 4.69) is 38.9 Å². The van der Waals surface area contributed by atoms with Gasteiger partial charge in [-0.25, -0.2) is 0 Å². The number of ether oxygens (including phenoxy) is 2. The van der Waals surface area contributed by atoms with Crippen molar-refractivity contribution in [3.63, 3.8) is 0 Å². The van der Waals surface area contributed by atoms with Gasteiger partial charge < -0.3 is 30.2 Å². The minimum Gasteiger partial charge on any atom is -0.497 e. The van der Waals surface area contributed by atoms with Crippen LogP contribution in [0.3, 0.4) is 0 Å². The van der Waals surface area contributed by atoms with Crippen LogP contribution in [0.1, 0.15) is 24.2 Å². The lowest BCUT2D eigenvalue weighted by Crippen LogP contribution is -2.38. The topological polar surface area (TPSA) is 90.9 Å². The van der Waals surface area contributed by atoms with Gasteiger partial charge >= 0.3 is 0 Å². The molecule has 168 valence electrons. The molecule has 7 nitrogen and oxygen atoms in total. The van der Waals surface area contributed by atoms with Gasteiger partial charge in [0.1, 0.15) is 17.6 Å². The molecule has 3 aromatic rings. The first-order valence-corrected chi connectivity index (χ1v) is 10.1. The number of aliphatic imine (C=N–C) groups is 1. The molecule has 1 atom stereocenters. The average molecular weight is 538 g/mol. The maximum absolute atomic E-state index is 10.7. The van der Waals surface area contributed by atoms with Crippen LogP contribution in [0.15, 0.2) is 53.7 Å². The summed E-state index contributed by atoms with van der Waals surface area (Å²) in [6.07, 6.45) is 2.11. The summed E-state index contributed by atoms with van der Waals surface area (Å²) < 4.78 is 10.6. The lowest BCUT2D eigenvalue weighted by atomic mass is 10.1. The van der Waals surface area contributed by atoms with E-state index in [-0.39, 0.29) is 30.5 Å². The van der Waals surface area contributed by atoms with Crippen molar-refractivity contribution in [2.24, 2.45) is 4.99 Å². The summed E-state index contributed by atoms with van der Waals surface area (Å²) in [6, 6.07) is 13.6. The van der Waals surface area contributed by atoms with Gasteiger partial charge in [0.05, 0.1) is 20.8 Å². The molecular formula is C23H31IN4O3. The fraction of sp³-hybridized carbons (Fsp3) is 0.348. The largest absolute Gasteiger partial charge is 0.497 e. The van der Waals surface area contributed by atoms with Crippen LogP contribution in [-0.2, 0) is 6.42 Å². The minimum absolute atomic E-state index is 0. The smallest absolute Gasteiger partial charge is 0.191 e. The third-order valence-corrected chi connectivity index (χ3v) is 4.92. The number of methoxy groups -OCH3 is 2. The predicted molar refractivity (Wildman–Crippen MR) is 136 cm³/mol. The number of H-pyrrole nitrogens is 1. The van der Waals surface area contributed by atoms with Crippen LogP contribution in [0.5, 0.6) is 11.5 Å². The monoisotopic (exact) mass is 538 g/mol. The Labute approximate surface area is 200 Å². The third-order valence-electron chi connectivity index (χ3n) is 4.92. The highest BCUT2D eigenvalue weighted by Gasteiger charge is 2.15. The van der Waals surface area contributed by atoms with Crippen molar-refractivity contribution in [1.29, 1.82) is 0 Å². The number of aliphatic hydroxyl groups is 1. The van der Waals surface area contributed by atoms with Crippen LogP contribution >= 0.6 is 24.0 Å². The molecular weight excluding hydrogens is 507 g/mol. The molecule has 1 aromatic heterocycles. The van der Waals surface area contributed by atoms with Crippen molar-refractivity contribution in [3.05, 3.63) is 59.8 Å². The van der Waals surface area contributed by atoms with Crippen LogP contribution in [0.2, 0.25) is 0 Å². The van der Waals surface area contributed by atoms with Gasteiger partial charge in [-0.2, -0.15) is 0 Å². The summed E-state index contributed by atoms with van der Waals surface area (Å²) in [4.78, 5) is 7.84. The summed E-state index contributed by atoms with van der Waals surface area (Å²) in [5.41, 5.74) is 3.05. The number of guanidine groups is 1. The summed E-state index contributed by atoms with van der Waals surface area (Å²) in [6.45, 7) is 3.67. The number of benzene rings is 2. The Morgan fingerprint density at radius 2 is 1.94 bits per heavy atom. The first-order valence-electron chi connectivity index (χ1n) is 10.1. The van der Waals surface area contributed by atoms with Crippen LogP contribution in [-0.4, -0.2) is 49.9 Å². The Morgan fingerprint density at radius 1 is 1.13 bits per heavy atom. The average Bonchev–Trinajstić information content (AvgIpc) is 3.20. The Hall–Kier alpha value is -2.46. The molecule has 2 aromatic carbocycles. The minimum atomic E-state index is -0.806. The molecule has 0 amide bonds. The van der Waals surface area contributed by atoms with Gasteiger partial charge in [0.15, 0.2) is 5.96 Å². The quantitative estimate of drug-likeness (QED) is 0.190. The van der Waals surface area contributed by atoms with Crippen molar-refractivity contribution in [3.8, 4) is 11.5 Å². The maximum atomic E-state index is 10.7. The number of aliphatic hydroxyl groups excluding tert-OH is 1. The number of hydrogen-bond acceptors (Lipinski definition) is 4. The van der Waals surface area contributed by atoms with Crippen molar-refractivity contribution in [2.75, 3.05) is 33.9 Å². The zero-order valence-corrected chi connectivity index (χ0v) is 20.5. The van der Waals surface area contributed by atoms with E-state index in [1.165, 1.54) is 10.9 Å². The van der Waals surface area contributed by atoms with Crippen LogP contribution in [0, 0.1) is 0 Å². The van der Waals surface area contributed by atoms with E-state index in [0.717, 1.165) is 25.0 Å². The van der Waals surface area contributed by atoms with Crippen molar-refractivity contribution < 1.29 is 14.6 Å². The number of para-hydroxylation sites is 1. The second-order valence-corrected chi connectivity index (χ2v) is 6.88. The number of aromatic amines is 1. The van der Waals surface area contributed by atoms with Crippen LogP contribution in [0.4, 0.5) is 0 Å². The number of rotatable bonds is 9. The lowest BCUT2D eigenvalue weighted by Gasteiger charge is -2.16. The van der Waals surface area contributed by atoms with E-state index in [4.69, 9.17) is 9.47 Å². The Bertz CT molecular complexity index is 990. The third kappa shape index (κ3) is 6.51. The normalized spacial score (nSPS) is 12.2. The number of nitrogens with zero attached hydrogens (tertiary/aromatic N) is 1. The molecule has 0 radical (unpaired) electrons. The Kier molecular flexibility index (Phi) is 9.93. The van der Waals surface area contributed by atoms with E-state index in [1.807, 2.05) is 19.1 Å². The molecule has 4 N–H and O–H groups in total. The molecule has 1 unspecified atom stereocenters. The molecule has 8 heteroatoms. The lowest BCUT2D eigenvalue weighted by molar-refractivity contribution is 0.182. The fourth-order valence-corrected chi connectivity index (χ4v) is 3.37. The van der Waals surface area contributed by atoms with E-state index >= 15 is 0 Å². The van der Waals surface area contributed by atoms with Gasteiger partial charge in [-0.15, -0.1) is 24.0 Å². The van der Waals surface area contributed by atoms with Crippen molar-refractivity contribution in [1.82, 2.24) is 15.6 Å². The summed E-state index contributed by atoms with van der Waals surface area (Å²) in [7, 11) is 3.18. The predicted octanol–water partition coefficient (Wildman–Crippen LogP) is 3.63. The van der Waals surface area contributed by atoms with Gasteiger partial charge in [0.2, 0.25) is 0 Å². The summed E-state index contributed by atoms with van der Waals surface area (Å²) in [5, 5.41) is 18.5. The molecule has 0 aliphatic rings. The van der Waals surface area contributed by atoms with Gasteiger partial charge in [0.25, 0.3) is 0 Å². The first kappa shape index (κ1) is 24.8. The number of nitrogens with one attached hydrogen (secondary N) is 3. The highest BCUT2D eigenvalue weighted by molar-refractivity contribution is 14.0. The van der Waals surface area contributed by atoms with Crippen LogP contribution < -0.4 is 20.1 Å². The molecule has 1 heterocycles. The van der Waals surface area contributed by atoms with E-state index in [0.29, 0.717) is 23.0 Å². The zero-order valence-electron chi connectivity index (χ0n) is 18.1. The molecule has 3 rings (SSSR count). The van der Waals surface area contributed by atoms with E-state index < -0.39 is 6.10 Å². The van der Waals surface area contributed by atoms with Gasteiger partial charge in [-0.05, 0) is 43.2 Å². The van der Waals surface area contributed by atoms with Gasteiger partial charge in [-0.3, -0.25) is 4.99 Å². The highest BCUT2D eigenvalue weighted by atomic mass is 127. The molecule has 0 saturated carbocycles. The fourth-order valence-electron chi connectivity index (χ4n) is 3.37. The second-order valence-electron chi connectivity index (χ2n) is 6.88. The number of hydrogen-bond donors (Lipinski definition) is 4. The molecule has 0 aliphatic heterocycles. The van der Waals surface area contributed by atoms with Crippen molar-refractivity contribution >= 4 is 40.8 Å². The molecule has 0 fully saturated rings. The number of fused-ring (bicyclic) bond motifs is 1. The number of halogens is 1. The van der Waals surface area contributed by atoms with E-state index in [9.17, 15) is 5.11 Å². The highest BCUT2D eigenvalue weighted by Crippen LogP contribution is 2.29.